The van der Waals surface area contributed by atoms with Crippen LogP contribution in [0.25, 0.3) is 0 Å². The molecule has 0 radical (unpaired) electrons. The molecule has 0 bridgehead atoms. The summed E-state index contributed by atoms with van der Waals surface area (Å²) in [5, 5.41) is 5.80. The van der Waals surface area contributed by atoms with Crippen molar-refractivity contribution in [3.8, 4) is 0 Å². The quantitative estimate of drug-likeness (QED) is 0.809. The van der Waals surface area contributed by atoms with Crippen molar-refractivity contribution in [1.29, 1.82) is 0 Å². The number of hydrogen-bond donors (Lipinski definition) is 2. The molecule has 0 fully saturated rings. The minimum Gasteiger partial charge on any atom is -0.352 e. The molecule has 0 aliphatic carbocycles. The summed E-state index contributed by atoms with van der Waals surface area (Å²) >= 11 is 0. The number of carbonyl (C=O) groups is 2. The highest BCUT2D eigenvalue weighted by Crippen LogP contribution is 2.12. The average molecular weight is 290 g/mol. The van der Waals surface area contributed by atoms with Crippen molar-refractivity contribution in [1.82, 2.24) is 5.32 Å². The normalized spacial score (nSPS) is 10.8. The van der Waals surface area contributed by atoms with Gasteiger partial charge in [0.15, 0.2) is 0 Å². The van der Waals surface area contributed by atoms with Crippen LogP contribution in [0.1, 0.15) is 46.1 Å². The molecule has 0 atom stereocenters. The van der Waals surface area contributed by atoms with Gasteiger partial charge in [-0.3, -0.25) is 9.59 Å². The molecule has 0 aliphatic rings. The van der Waals surface area contributed by atoms with Crippen LogP contribution in [-0.2, 0) is 16.1 Å². The first kappa shape index (κ1) is 17.2. The number of anilines is 1. The number of nitrogens with one attached hydrogen (secondary N) is 2. The summed E-state index contributed by atoms with van der Waals surface area (Å²) in [6.07, 6.45) is 1.73. The Bertz CT molecular complexity index is 462. The Morgan fingerprint density at radius 1 is 1.00 bits per heavy atom. The van der Waals surface area contributed by atoms with Crippen molar-refractivity contribution >= 4 is 17.5 Å². The molecular weight excluding hydrogens is 264 g/mol. The molecule has 0 aromatic heterocycles. The monoisotopic (exact) mass is 290 g/mol. The lowest BCUT2D eigenvalue weighted by Gasteiger charge is -2.13. The lowest BCUT2D eigenvalue weighted by molar-refractivity contribution is -0.125. The van der Waals surface area contributed by atoms with Crippen LogP contribution < -0.4 is 10.6 Å². The smallest absolute Gasteiger partial charge is 0.226 e. The fourth-order valence-electron chi connectivity index (χ4n) is 1.99. The van der Waals surface area contributed by atoms with Crippen LogP contribution in [-0.4, -0.2) is 11.8 Å². The van der Waals surface area contributed by atoms with Gasteiger partial charge in [-0.15, -0.1) is 0 Å². The van der Waals surface area contributed by atoms with Crippen LogP contribution in [0.4, 0.5) is 5.69 Å². The Hall–Kier alpha value is -1.84. The highest BCUT2D eigenvalue weighted by Gasteiger charge is 2.13. The molecule has 0 saturated carbocycles. The number of hydrogen-bond acceptors (Lipinski definition) is 2. The van der Waals surface area contributed by atoms with E-state index in [2.05, 4.69) is 10.6 Å². The molecular formula is C17H26N2O2. The zero-order valence-corrected chi connectivity index (χ0v) is 13.4. The molecule has 4 heteroatoms. The van der Waals surface area contributed by atoms with E-state index in [1.807, 2.05) is 52.0 Å². The first-order valence-corrected chi connectivity index (χ1v) is 7.65. The largest absolute Gasteiger partial charge is 0.352 e. The predicted octanol–water partition coefficient (Wildman–Crippen LogP) is 3.33. The van der Waals surface area contributed by atoms with Gasteiger partial charge in [-0.2, -0.15) is 0 Å². The van der Waals surface area contributed by atoms with Gasteiger partial charge in [0.2, 0.25) is 11.8 Å². The van der Waals surface area contributed by atoms with Crippen LogP contribution in [0.3, 0.4) is 0 Å². The third-order valence-corrected chi connectivity index (χ3v) is 3.57. The fourth-order valence-corrected chi connectivity index (χ4v) is 1.99. The predicted molar refractivity (Wildman–Crippen MR) is 85.8 cm³/mol. The minimum absolute atomic E-state index is 0.00443. The molecule has 2 N–H and O–H groups in total. The van der Waals surface area contributed by atoms with Crippen LogP contribution in [0, 0.1) is 11.8 Å². The van der Waals surface area contributed by atoms with Crippen molar-refractivity contribution in [2.75, 3.05) is 5.32 Å². The SMILES string of the molecule is CCC(CC)C(=O)NCc1ccc(NC(=O)C(C)C)cc1. The topological polar surface area (TPSA) is 58.2 Å². The first-order chi connectivity index (χ1) is 9.97. The molecule has 116 valence electrons. The molecule has 0 spiro atoms. The maximum absolute atomic E-state index is 11.9. The van der Waals surface area contributed by atoms with Gasteiger partial charge in [0.1, 0.15) is 0 Å². The summed E-state index contributed by atoms with van der Waals surface area (Å²) in [5.41, 5.74) is 1.81. The molecule has 4 nitrogen and oxygen atoms in total. The van der Waals surface area contributed by atoms with Gasteiger partial charge >= 0.3 is 0 Å². The molecule has 21 heavy (non-hydrogen) atoms. The van der Waals surface area contributed by atoms with Gasteiger partial charge in [-0.25, -0.2) is 0 Å². The van der Waals surface area contributed by atoms with E-state index in [4.69, 9.17) is 0 Å². The van der Waals surface area contributed by atoms with Crippen molar-refractivity contribution in [3.63, 3.8) is 0 Å². The zero-order valence-electron chi connectivity index (χ0n) is 13.4. The molecule has 1 aromatic carbocycles. The lowest BCUT2D eigenvalue weighted by Crippen LogP contribution is -2.29. The van der Waals surface area contributed by atoms with E-state index in [1.165, 1.54) is 0 Å². The third-order valence-electron chi connectivity index (χ3n) is 3.57. The standard InChI is InChI=1S/C17H26N2O2/c1-5-14(6-2)17(21)18-11-13-7-9-15(10-8-13)19-16(20)12(3)4/h7-10,12,14H,5-6,11H2,1-4H3,(H,18,21)(H,19,20). The third kappa shape index (κ3) is 5.58. The van der Waals surface area contributed by atoms with Gasteiger partial charge in [0.25, 0.3) is 0 Å². The Balaban J connectivity index is 2.51. The van der Waals surface area contributed by atoms with E-state index in [0.717, 1.165) is 24.1 Å². The number of rotatable bonds is 7. The second-order valence-electron chi connectivity index (χ2n) is 5.57. The van der Waals surface area contributed by atoms with Crippen molar-refractivity contribution in [2.24, 2.45) is 11.8 Å². The Kier molecular flexibility index (Phi) is 6.92. The van der Waals surface area contributed by atoms with E-state index in [-0.39, 0.29) is 23.7 Å². The van der Waals surface area contributed by atoms with E-state index >= 15 is 0 Å². The Labute approximate surface area is 127 Å². The van der Waals surface area contributed by atoms with Crippen LogP contribution in [0.5, 0.6) is 0 Å². The second-order valence-corrected chi connectivity index (χ2v) is 5.57. The molecule has 0 aliphatic heterocycles. The van der Waals surface area contributed by atoms with E-state index < -0.39 is 0 Å². The molecule has 1 aromatic rings. The van der Waals surface area contributed by atoms with Gasteiger partial charge in [-0.1, -0.05) is 39.8 Å². The first-order valence-electron chi connectivity index (χ1n) is 7.65. The van der Waals surface area contributed by atoms with E-state index in [9.17, 15) is 9.59 Å². The van der Waals surface area contributed by atoms with Gasteiger partial charge in [0.05, 0.1) is 0 Å². The summed E-state index contributed by atoms with van der Waals surface area (Å²) in [4.78, 5) is 23.5. The molecule has 0 saturated heterocycles. The molecule has 2 amide bonds. The number of benzene rings is 1. The molecule has 1 rings (SSSR count). The van der Waals surface area contributed by atoms with Crippen LogP contribution in [0.15, 0.2) is 24.3 Å². The van der Waals surface area contributed by atoms with Crippen LogP contribution in [0.2, 0.25) is 0 Å². The van der Waals surface area contributed by atoms with E-state index in [0.29, 0.717) is 6.54 Å². The summed E-state index contributed by atoms with van der Waals surface area (Å²) < 4.78 is 0. The Morgan fingerprint density at radius 2 is 1.57 bits per heavy atom. The number of amides is 2. The maximum atomic E-state index is 11.9. The number of carbonyl (C=O) groups excluding carboxylic acids is 2. The van der Waals surface area contributed by atoms with E-state index in [1.54, 1.807) is 0 Å². The van der Waals surface area contributed by atoms with Crippen molar-refractivity contribution in [2.45, 2.75) is 47.1 Å². The molecule has 0 heterocycles. The summed E-state index contributed by atoms with van der Waals surface area (Å²) in [5.74, 6) is 0.167. The molecule has 0 unspecified atom stereocenters. The van der Waals surface area contributed by atoms with Gasteiger partial charge < -0.3 is 10.6 Å². The van der Waals surface area contributed by atoms with Gasteiger partial charge in [-0.05, 0) is 30.5 Å². The summed E-state index contributed by atoms with van der Waals surface area (Å²) in [7, 11) is 0. The minimum atomic E-state index is -0.0380. The summed E-state index contributed by atoms with van der Waals surface area (Å²) in [6, 6.07) is 7.56. The maximum Gasteiger partial charge on any atom is 0.226 e. The highest BCUT2D eigenvalue weighted by atomic mass is 16.2. The highest BCUT2D eigenvalue weighted by molar-refractivity contribution is 5.92. The Morgan fingerprint density at radius 3 is 2.05 bits per heavy atom. The lowest BCUT2D eigenvalue weighted by atomic mass is 10.0. The average Bonchev–Trinajstić information content (AvgIpc) is 2.47. The van der Waals surface area contributed by atoms with Crippen molar-refractivity contribution in [3.05, 3.63) is 29.8 Å². The zero-order chi connectivity index (χ0) is 15.8. The van der Waals surface area contributed by atoms with Crippen LogP contribution >= 0.6 is 0 Å². The fraction of sp³-hybridized carbons (Fsp3) is 0.529. The van der Waals surface area contributed by atoms with Crippen molar-refractivity contribution < 1.29 is 9.59 Å². The summed E-state index contributed by atoms with van der Waals surface area (Å²) in [6.45, 7) is 8.29. The second kappa shape index (κ2) is 8.45. The van der Waals surface area contributed by atoms with Gasteiger partial charge in [0, 0.05) is 24.1 Å².